The molecule has 1 amide bonds. The van der Waals surface area contributed by atoms with Crippen LogP contribution in [0.1, 0.15) is 49.1 Å². The second kappa shape index (κ2) is 8.02. The smallest absolute Gasteiger partial charge is 0.233 e. The van der Waals surface area contributed by atoms with Crippen molar-refractivity contribution in [1.82, 2.24) is 9.80 Å². The Bertz CT molecular complexity index is 484. The number of unbranched alkanes of at least 4 members (excludes halogenated alkanes) is 1. The summed E-state index contributed by atoms with van der Waals surface area (Å²) >= 11 is 1.76. The second-order valence-corrected chi connectivity index (χ2v) is 7.65. The van der Waals surface area contributed by atoms with Crippen LogP contribution in [-0.4, -0.2) is 48.6 Å². The van der Waals surface area contributed by atoms with E-state index in [1.807, 2.05) is 0 Å². The molecule has 0 radical (unpaired) electrons. The van der Waals surface area contributed by atoms with Crippen molar-refractivity contribution in [2.75, 3.05) is 32.9 Å². The predicted octanol–water partition coefficient (Wildman–Crippen LogP) is 3.73. The molecule has 22 heavy (non-hydrogen) atoms. The number of hydrogen-bond donors (Lipinski definition) is 0. The van der Waals surface area contributed by atoms with Gasteiger partial charge in [-0.1, -0.05) is 38.1 Å². The average Bonchev–Trinajstić information content (AvgIpc) is 2.84. The van der Waals surface area contributed by atoms with Crippen LogP contribution in [0.3, 0.4) is 0 Å². The molecule has 122 valence electrons. The SMILES string of the molecule is CC(C)c1ccc(C2SCC(=O)N2CCCCN(C)C)cc1. The quantitative estimate of drug-likeness (QED) is 0.715. The van der Waals surface area contributed by atoms with Crippen molar-refractivity contribution in [3.63, 3.8) is 0 Å². The summed E-state index contributed by atoms with van der Waals surface area (Å²) in [4.78, 5) is 16.4. The second-order valence-electron chi connectivity index (χ2n) is 6.58. The highest BCUT2D eigenvalue weighted by Crippen LogP contribution is 2.39. The fourth-order valence-electron chi connectivity index (χ4n) is 2.73. The first-order valence-electron chi connectivity index (χ1n) is 8.14. The molecule has 0 aromatic heterocycles. The number of rotatable bonds is 7. The number of nitrogens with zero attached hydrogens (tertiary/aromatic N) is 2. The summed E-state index contributed by atoms with van der Waals surface area (Å²) in [5.41, 5.74) is 2.61. The molecule has 1 aromatic rings. The molecule has 1 aliphatic heterocycles. The summed E-state index contributed by atoms with van der Waals surface area (Å²) in [7, 11) is 4.19. The van der Waals surface area contributed by atoms with Gasteiger partial charge in [0.2, 0.25) is 5.91 Å². The Morgan fingerprint density at radius 2 is 1.91 bits per heavy atom. The number of benzene rings is 1. The summed E-state index contributed by atoms with van der Waals surface area (Å²) in [6, 6.07) is 8.79. The number of amides is 1. The molecule has 0 N–H and O–H groups in total. The van der Waals surface area contributed by atoms with E-state index in [2.05, 4.69) is 62.0 Å². The Balaban J connectivity index is 1.97. The third kappa shape index (κ3) is 4.50. The van der Waals surface area contributed by atoms with Crippen molar-refractivity contribution < 1.29 is 4.79 Å². The van der Waals surface area contributed by atoms with Crippen LogP contribution in [0.2, 0.25) is 0 Å². The molecule has 0 bridgehead atoms. The highest BCUT2D eigenvalue weighted by molar-refractivity contribution is 8.00. The van der Waals surface area contributed by atoms with Crippen molar-refractivity contribution in [3.05, 3.63) is 35.4 Å². The molecule has 1 aliphatic rings. The molecule has 1 heterocycles. The van der Waals surface area contributed by atoms with E-state index in [0.29, 0.717) is 11.7 Å². The normalized spacial score (nSPS) is 18.7. The zero-order valence-corrected chi connectivity index (χ0v) is 15.0. The van der Waals surface area contributed by atoms with Crippen LogP contribution in [0.15, 0.2) is 24.3 Å². The van der Waals surface area contributed by atoms with Crippen LogP contribution in [-0.2, 0) is 4.79 Å². The number of hydrogen-bond acceptors (Lipinski definition) is 3. The molecule has 1 atom stereocenters. The summed E-state index contributed by atoms with van der Waals surface area (Å²) in [5.74, 6) is 1.45. The van der Waals surface area contributed by atoms with E-state index in [4.69, 9.17) is 0 Å². The molecule has 0 spiro atoms. The minimum absolute atomic E-state index is 0.202. The molecule has 2 rings (SSSR count). The Morgan fingerprint density at radius 3 is 2.50 bits per heavy atom. The maximum Gasteiger partial charge on any atom is 0.233 e. The van der Waals surface area contributed by atoms with Gasteiger partial charge in [0.1, 0.15) is 5.37 Å². The summed E-state index contributed by atoms with van der Waals surface area (Å²) in [5, 5.41) is 0.202. The number of carbonyl (C=O) groups excluding carboxylic acids is 1. The number of thioether (sulfide) groups is 1. The minimum Gasteiger partial charge on any atom is -0.326 e. The van der Waals surface area contributed by atoms with E-state index in [9.17, 15) is 4.79 Å². The topological polar surface area (TPSA) is 23.6 Å². The van der Waals surface area contributed by atoms with Crippen molar-refractivity contribution in [1.29, 1.82) is 0 Å². The molecule has 1 fully saturated rings. The minimum atomic E-state index is 0.202. The van der Waals surface area contributed by atoms with Gasteiger partial charge in [0.05, 0.1) is 5.75 Å². The fraction of sp³-hybridized carbons (Fsp3) is 0.611. The molecule has 1 aromatic carbocycles. The van der Waals surface area contributed by atoms with E-state index in [0.717, 1.165) is 25.9 Å². The lowest BCUT2D eigenvalue weighted by Gasteiger charge is -2.25. The van der Waals surface area contributed by atoms with Crippen molar-refractivity contribution in [3.8, 4) is 0 Å². The number of carbonyl (C=O) groups is 1. The van der Waals surface area contributed by atoms with Gasteiger partial charge in [-0.2, -0.15) is 0 Å². The summed E-state index contributed by atoms with van der Waals surface area (Å²) in [6.45, 7) is 6.37. The standard InChI is InChI=1S/C18H28N2OS/c1-14(2)15-7-9-16(10-8-15)18-20(17(21)13-22-18)12-6-5-11-19(3)4/h7-10,14,18H,5-6,11-13H2,1-4H3. The molecule has 4 heteroatoms. The van der Waals surface area contributed by atoms with E-state index in [-0.39, 0.29) is 11.3 Å². The highest BCUT2D eigenvalue weighted by Gasteiger charge is 2.32. The third-order valence-corrected chi connectivity index (χ3v) is 5.37. The van der Waals surface area contributed by atoms with E-state index >= 15 is 0 Å². The summed E-state index contributed by atoms with van der Waals surface area (Å²) in [6.07, 6.45) is 2.21. The maximum atomic E-state index is 12.2. The first-order valence-corrected chi connectivity index (χ1v) is 9.19. The van der Waals surface area contributed by atoms with Crippen LogP contribution >= 0.6 is 11.8 Å². The first-order chi connectivity index (χ1) is 10.5. The lowest BCUT2D eigenvalue weighted by atomic mass is 10.0. The van der Waals surface area contributed by atoms with E-state index < -0.39 is 0 Å². The first kappa shape index (κ1) is 17.4. The molecule has 0 saturated carbocycles. The molecule has 1 unspecified atom stereocenters. The zero-order chi connectivity index (χ0) is 16.1. The van der Waals surface area contributed by atoms with Crippen LogP contribution in [0.5, 0.6) is 0 Å². The van der Waals surface area contributed by atoms with E-state index in [1.54, 1.807) is 11.8 Å². The van der Waals surface area contributed by atoms with Crippen LogP contribution < -0.4 is 0 Å². The molecule has 3 nitrogen and oxygen atoms in total. The van der Waals surface area contributed by atoms with Gasteiger partial charge in [-0.25, -0.2) is 0 Å². The third-order valence-electron chi connectivity index (χ3n) is 4.11. The van der Waals surface area contributed by atoms with E-state index in [1.165, 1.54) is 11.1 Å². The molecular weight excluding hydrogens is 292 g/mol. The Kier molecular flexibility index (Phi) is 6.33. The van der Waals surface area contributed by atoms with Crippen molar-refractivity contribution in [2.24, 2.45) is 0 Å². The summed E-state index contributed by atoms with van der Waals surface area (Å²) < 4.78 is 0. The average molecular weight is 321 g/mol. The monoisotopic (exact) mass is 320 g/mol. The van der Waals surface area contributed by atoms with Crippen LogP contribution in [0, 0.1) is 0 Å². The Morgan fingerprint density at radius 1 is 1.23 bits per heavy atom. The van der Waals surface area contributed by atoms with Crippen LogP contribution in [0.4, 0.5) is 0 Å². The predicted molar refractivity (Wildman–Crippen MR) is 95.2 cm³/mol. The molecule has 0 aliphatic carbocycles. The molecular formula is C18H28N2OS. The van der Waals surface area contributed by atoms with Gasteiger partial charge in [0.25, 0.3) is 0 Å². The van der Waals surface area contributed by atoms with Gasteiger partial charge in [-0.3, -0.25) is 4.79 Å². The molecule has 1 saturated heterocycles. The van der Waals surface area contributed by atoms with Gasteiger partial charge in [-0.15, -0.1) is 11.8 Å². The van der Waals surface area contributed by atoms with Crippen molar-refractivity contribution in [2.45, 2.75) is 38.0 Å². The zero-order valence-electron chi connectivity index (χ0n) is 14.2. The fourth-order valence-corrected chi connectivity index (χ4v) is 3.95. The van der Waals surface area contributed by atoms with Crippen molar-refractivity contribution >= 4 is 17.7 Å². The Labute approximate surface area is 139 Å². The lowest BCUT2D eigenvalue weighted by molar-refractivity contribution is -0.128. The van der Waals surface area contributed by atoms with Gasteiger partial charge >= 0.3 is 0 Å². The maximum absolute atomic E-state index is 12.2. The van der Waals surface area contributed by atoms with Gasteiger partial charge in [-0.05, 0) is 50.5 Å². The van der Waals surface area contributed by atoms with Gasteiger partial charge in [0.15, 0.2) is 0 Å². The lowest BCUT2D eigenvalue weighted by Crippen LogP contribution is -2.29. The highest BCUT2D eigenvalue weighted by atomic mass is 32.2. The Hall–Kier alpha value is -1.00. The van der Waals surface area contributed by atoms with Gasteiger partial charge < -0.3 is 9.80 Å². The largest absolute Gasteiger partial charge is 0.326 e. The van der Waals surface area contributed by atoms with Gasteiger partial charge in [0, 0.05) is 6.54 Å². The van der Waals surface area contributed by atoms with Crippen LogP contribution in [0.25, 0.3) is 0 Å².